The van der Waals surface area contributed by atoms with E-state index in [1.165, 1.54) is 19.9 Å². The summed E-state index contributed by atoms with van der Waals surface area (Å²) in [6.45, 7) is 2.99. The molecular formula is C11H12F3NO2. The maximum absolute atomic E-state index is 12.3. The van der Waals surface area contributed by atoms with E-state index in [1.54, 1.807) is 0 Å². The fourth-order valence-corrected chi connectivity index (χ4v) is 1.23. The van der Waals surface area contributed by atoms with Crippen LogP contribution in [0.2, 0.25) is 0 Å². The number of hydrogen-bond acceptors (Lipinski definition) is 2. The Morgan fingerprint density at radius 2 is 1.94 bits per heavy atom. The molecule has 0 aliphatic carbocycles. The van der Waals surface area contributed by atoms with Crippen molar-refractivity contribution in [2.75, 3.05) is 0 Å². The van der Waals surface area contributed by atoms with E-state index < -0.39 is 23.1 Å². The smallest absolute Gasteiger partial charge is 0.417 e. The van der Waals surface area contributed by atoms with Crippen molar-refractivity contribution in [3.05, 3.63) is 29.6 Å². The molecule has 1 rings (SSSR count). The lowest BCUT2D eigenvalue weighted by Gasteiger charge is -2.18. The summed E-state index contributed by atoms with van der Waals surface area (Å²) in [5, 5.41) is 8.88. The maximum atomic E-state index is 12.3. The molecule has 1 heterocycles. The molecule has 0 bridgehead atoms. The van der Waals surface area contributed by atoms with E-state index in [-0.39, 0.29) is 6.42 Å². The van der Waals surface area contributed by atoms with Crippen molar-refractivity contribution in [3.8, 4) is 0 Å². The zero-order valence-corrected chi connectivity index (χ0v) is 9.38. The van der Waals surface area contributed by atoms with Gasteiger partial charge in [-0.15, -0.1) is 0 Å². The lowest BCUT2D eigenvalue weighted by molar-refractivity contribution is -0.147. The van der Waals surface area contributed by atoms with Gasteiger partial charge in [-0.05, 0) is 26.0 Å². The van der Waals surface area contributed by atoms with Crippen molar-refractivity contribution in [2.45, 2.75) is 26.4 Å². The Kier molecular flexibility index (Phi) is 3.45. The van der Waals surface area contributed by atoms with Crippen LogP contribution in [-0.4, -0.2) is 16.1 Å². The minimum Gasteiger partial charge on any atom is -0.481 e. The van der Waals surface area contributed by atoms with Crippen LogP contribution in [0.25, 0.3) is 0 Å². The highest BCUT2D eigenvalue weighted by Gasteiger charge is 2.32. The third-order valence-corrected chi connectivity index (χ3v) is 2.35. The summed E-state index contributed by atoms with van der Waals surface area (Å²) in [4.78, 5) is 14.5. The largest absolute Gasteiger partial charge is 0.481 e. The van der Waals surface area contributed by atoms with Crippen LogP contribution in [0.5, 0.6) is 0 Å². The number of pyridine rings is 1. The zero-order chi connectivity index (χ0) is 13.3. The highest BCUT2D eigenvalue weighted by molar-refractivity contribution is 5.73. The molecule has 1 aromatic rings. The number of alkyl halides is 3. The first-order chi connectivity index (χ1) is 7.63. The van der Waals surface area contributed by atoms with Gasteiger partial charge >= 0.3 is 12.1 Å². The Balaban J connectivity index is 2.86. The Hall–Kier alpha value is -1.59. The van der Waals surface area contributed by atoms with Gasteiger partial charge in [0.2, 0.25) is 0 Å². The minimum atomic E-state index is -4.42. The number of carbonyl (C=O) groups is 1. The molecule has 0 aliphatic rings. The first-order valence-electron chi connectivity index (χ1n) is 4.88. The van der Waals surface area contributed by atoms with E-state index in [1.807, 2.05) is 0 Å². The first-order valence-corrected chi connectivity index (χ1v) is 4.88. The summed E-state index contributed by atoms with van der Waals surface area (Å²) in [7, 11) is 0. The maximum Gasteiger partial charge on any atom is 0.417 e. The van der Waals surface area contributed by atoms with E-state index in [0.29, 0.717) is 11.9 Å². The Morgan fingerprint density at radius 1 is 1.35 bits per heavy atom. The van der Waals surface area contributed by atoms with Crippen molar-refractivity contribution < 1.29 is 23.1 Å². The van der Waals surface area contributed by atoms with Crippen molar-refractivity contribution in [3.63, 3.8) is 0 Å². The first kappa shape index (κ1) is 13.5. The summed E-state index contributed by atoms with van der Waals surface area (Å²) in [6.07, 6.45) is -3.62. The van der Waals surface area contributed by atoms with Crippen LogP contribution in [0.3, 0.4) is 0 Å². The molecular weight excluding hydrogens is 235 g/mol. The minimum absolute atomic E-state index is 0.0838. The van der Waals surface area contributed by atoms with Gasteiger partial charge < -0.3 is 5.11 Å². The molecule has 0 aromatic carbocycles. The van der Waals surface area contributed by atoms with Gasteiger partial charge in [-0.25, -0.2) is 0 Å². The van der Waals surface area contributed by atoms with Crippen LogP contribution in [-0.2, 0) is 17.4 Å². The molecule has 0 spiro atoms. The van der Waals surface area contributed by atoms with E-state index in [0.717, 1.165) is 6.07 Å². The third-order valence-electron chi connectivity index (χ3n) is 2.35. The topological polar surface area (TPSA) is 50.2 Å². The molecule has 3 nitrogen and oxygen atoms in total. The third kappa shape index (κ3) is 3.44. The summed E-state index contributed by atoms with van der Waals surface area (Å²) in [5.74, 6) is -1.01. The second kappa shape index (κ2) is 4.35. The van der Waals surface area contributed by atoms with Crippen molar-refractivity contribution in [2.24, 2.45) is 5.41 Å². The summed E-state index contributed by atoms with van der Waals surface area (Å²) in [6, 6.07) is 2.10. The van der Waals surface area contributed by atoms with Gasteiger partial charge in [0.25, 0.3) is 0 Å². The van der Waals surface area contributed by atoms with Crippen molar-refractivity contribution in [1.82, 2.24) is 4.98 Å². The quantitative estimate of drug-likeness (QED) is 0.893. The van der Waals surface area contributed by atoms with Gasteiger partial charge in [-0.3, -0.25) is 9.78 Å². The molecule has 1 N–H and O–H groups in total. The van der Waals surface area contributed by atoms with E-state index in [2.05, 4.69) is 4.98 Å². The molecule has 0 radical (unpaired) electrons. The summed E-state index contributed by atoms with van der Waals surface area (Å²) in [5.41, 5.74) is -1.56. The van der Waals surface area contributed by atoms with E-state index >= 15 is 0 Å². The number of carboxylic acid groups (broad SMARTS) is 1. The van der Waals surface area contributed by atoms with Crippen LogP contribution >= 0.6 is 0 Å². The molecule has 1 aromatic heterocycles. The molecule has 0 atom stereocenters. The highest BCUT2D eigenvalue weighted by atomic mass is 19.4. The van der Waals surface area contributed by atoms with E-state index in [9.17, 15) is 18.0 Å². The standard InChI is InChI=1S/C11H12F3NO2/c1-10(2,9(16)17)5-8-4-3-7(6-15-8)11(12,13)14/h3-4,6H,5H2,1-2H3,(H,16,17). The number of aliphatic carboxylic acids is 1. The van der Waals surface area contributed by atoms with Crippen molar-refractivity contribution >= 4 is 5.97 Å². The lowest BCUT2D eigenvalue weighted by Crippen LogP contribution is -2.26. The molecule has 94 valence electrons. The fraction of sp³-hybridized carbons (Fsp3) is 0.455. The van der Waals surface area contributed by atoms with Crippen LogP contribution in [0.4, 0.5) is 13.2 Å². The predicted octanol–water partition coefficient (Wildman–Crippen LogP) is 2.75. The Morgan fingerprint density at radius 3 is 2.29 bits per heavy atom. The molecule has 0 aliphatic heterocycles. The van der Waals surface area contributed by atoms with Gasteiger partial charge in [-0.1, -0.05) is 0 Å². The second-order valence-corrected chi connectivity index (χ2v) is 4.40. The molecule has 0 saturated carbocycles. The Labute approximate surface area is 96.3 Å². The van der Waals surface area contributed by atoms with Gasteiger partial charge in [0.1, 0.15) is 0 Å². The van der Waals surface area contributed by atoms with Gasteiger partial charge in [0, 0.05) is 18.3 Å². The number of halogens is 3. The SMILES string of the molecule is CC(C)(Cc1ccc(C(F)(F)F)cn1)C(=O)O. The fourth-order valence-electron chi connectivity index (χ4n) is 1.23. The average Bonchev–Trinajstić information content (AvgIpc) is 2.16. The molecule has 0 saturated heterocycles. The van der Waals surface area contributed by atoms with E-state index in [4.69, 9.17) is 5.11 Å². The van der Waals surface area contributed by atoms with Crippen molar-refractivity contribution in [1.29, 1.82) is 0 Å². The highest BCUT2D eigenvalue weighted by Crippen LogP contribution is 2.29. The monoisotopic (exact) mass is 247 g/mol. The lowest BCUT2D eigenvalue weighted by atomic mass is 9.88. The number of aromatic nitrogens is 1. The number of rotatable bonds is 3. The molecule has 17 heavy (non-hydrogen) atoms. The van der Waals surface area contributed by atoms with Gasteiger partial charge in [0.05, 0.1) is 11.0 Å². The van der Waals surface area contributed by atoms with Crippen LogP contribution < -0.4 is 0 Å². The van der Waals surface area contributed by atoms with Crippen LogP contribution in [0, 0.1) is 5.41 Å². The van der Waals surface area contributed by atoms with Gasteiger partial charge in [0.15, 0.2) is 0 Å². The number of carboxylic acids is 1. The zero-order valence-electron chi connectivity index (χ0n) is 9.38. The molecule has 0 unspecified atom stereocenters. The van der Waals surface area contributed by atoms with Gasteiger partial charge in [-0.2, -0.15) is 13.2 Å². The predicted molar refractivity (Wildman–Crippen MR) is 54.4 cm³/mol. The molecule has 6 heteroatoms. The Bertz CT molecular complexity index is 410. The number of nitrogens with zero attached hydrogens (tertiary/aromatic N) is 1. The van der Waals surface area contributed by atoms with Crippen LogP contribution in [0.15, 0.2) is 18.3 Å². The molecule has 0 fully saturated rings. The summed E-state index contributed by atoms with van der Waals surface area (Å²) >= 11 is 0. The van der Waals surface area contributed by atoms with Crippen LogP contribution in [0.1, 0.15) is 25.1 Å². The number of hydrogen-bond donors (Lipinski definition) is 1. The molecule has 0 amide bonds. The average molecular weight is 247 g/mol. The summed E-state index contributed by atoms with van der Waals surface area (Å²) < 4.78 is 36.8. The second-order valence-electron chi connectivity index (χ2n) is 4.40. The normalized spacial score (nSPS) is 12.5.